The van der Waals surface area contributed by atoms with Crippen molar-refractivity contribution in [3.05, 3.63) is 35.1 Å². The summed E-state index contributed by atoms with van der Waals surface area (Å²) in [6.07, 6.45) is -0.192. The molecule has 20 heavy (non-hydrogen) atoms. The summed E-state index contributed by atoms with van der Waals surface area (Å²) < 4.78 is 44.7. The first-order valence-electron chi connectivity index (χ1n) is 5.85. The highest BCUT2D eigenvalue weighted by atomic mass is 19.1. The zero-order valence-electron chi connectivity index (χ0n) is 10.8. The predicted molar refractivity (Wildman–Crippen MR) is 62.5 cm³/mol. The van der Waals surface area contributed by atoms with Gasteiger partial charge in [0.05, 0.1) is 6.10 Å². The van der Waals surface area contributed by atoms with Crippen LogP contribution in [0.25, 0.3) is 0 Å². The molecular weight excluding hydrogens is 277 g/mol. The summed E-state index contributed by atoms with van der Waals surface area (Å²) in [6, 6.07) is 0.621. The lowest BCUT2D eigenvalue weighted by molar-refractivity contribution is -0.157. The summed E-state index contributed by atoms with van der Waals surface area (Å²) in [6.45, 7) is 3.20. The van der Waals surface area contributed by atoms with E-state index in [1.54, 1.807) is 6.92 Å². The van der Waals surface area contributed by atoms with E-state index in [1.807, 2.05) is 0 Å². The third kappa shape index (κ3) is 3.49. The zero-order chi connectivity index (χ0) is 15.4. The number of halogens is 3. The number of esters is 1. The molecule has 0 amide bonds. The summed E-state index contributed by atoms with van der Waals surface area (Å²) in [5.41, 5.74) is -1.03. The second-order valence-electron chi connectivity index (χ2n) is 4.21. The Morgan fingerprint density at radius 2 is 1.75 bits per heavy atom. The van der Waals surface area contributed by atoms with Gasteiger partial charge in [0.25, 0.3) is 0 Å². The molecule has 1 N–H and O–H groups in total. The number of hydrogen-bond donors (Lipinski definition) is 1. The second kappa shape index (κ2) is 6.40. The van der Waals surface area contributed by atoms with Gasteiger partial charge in [-0.05, 0) is 13.3 Å². The molecule has 0 saturated carbocycles. The average molecular weight is 290 g/mol. The van der Waals surface area contributed by atoms with Crippen molar-refractivity contribution < 1.29 is 32.6 Å². The smallest absolute Gasteiger partial charge is 0.325 e. The van der Waals surface area contributed by atoms with Crippen LogP contribution in [-0.4, -0.2) is 23.1 Å². The molecule has 1 aromatic rings. The highest BCUT2D eigenvalue weighted by Gasteiger charge is 2.36. The molecule has 0 aliphatic heterocycles. The van der Waals surface area contributed by atoms with Crippen molar-refractivity contribution in [2.45, 2.75) is 32.3 Å². The molecule has 2 atom stereocenters. The quantitative estimate of drug-likeness (QED) is 0.669. The van der Waals surface area contributed by atoms with Crippen molar-refractivity contribution in [1.29, 1.82) is 0 Å². The van der Waals surface area contributed by atoms with Gasteiger partial charge in [-0.3, -0.25) is 9.59 Å². The van der Waals surface area contributed by atoms with E-state index in [0.29, 0.717) is 18.6 Å². The second-order valence-corrected chi connectivity index (χ2v) is 4.21. The van der Waals surface area contributed by atoms with Crippen LogP contribution in [0.1, 0.15) is 31.7 Å². The number of carboxylic acid groups (broad SMARTS) is 1. The number of benzene rings is 1. The standard InChI is InChI=1S/C13H13F3O4/c1-3-6(2)20-13(19)11(12(17)18)10-8(15)4-7(14)5-9(10)16/h4-6,11H,3H2,1-2H3,(H,17,18). The fraction of sp³-hybridized carbons (Fsp3) is 0.385. The largest absolute Gasteiger partial charge is 0.480 e. The van der Waals surface area contributed by atoms with Gasteiger partial charge in [-0.15, -0.1) is 0 Å². The fourth-order valence-electron chi connectivity index (χ4n) is 1.52. The Hall–Kier alpha value is -2.05. The van der Waals surface area contributed by atoms with Crippen LogP contribution in [0.15, 0.2) is 12.1 Å². The van der Waals surface area contributed by atoms with Crippen molar-refractivity contribution in [1.82, 2.24) is 0 Å². The van der Waals surface area contributed by atoms with E-state index >= 15 is 0 Å². The number of hydrogen-bond acceptors (Lipinski definition) is 3. The van der Waals surface area contributed by atoms with Gasteiger partial charge in [-0.25, -0.2) is 13.2 Å². The topological polar surface area (TPSA) is 63.6 Å². The van der Waals surface area contributed by atoms with Gasteiger partial charge >= 0.3 is 11.9 Å². The monoisotopic (exact) mass is 290 g/mol. The van der Waals surface area contributed by atoms with Gasteiger partial charge in [0, 0.05) is 17.7 Å². The number of rotatable bonds is 5. The number of aliphatic carboxylic acids is 1. The minimum Gasteiger partial charge on any atom is -0.480 e. The van der Waals surface area contributed by atoms with Crippen molar-refractivity contribution in [2.24, 2.45) is 0 Å². The third-order valence-electron chi connectivity index (χ3n) is 2.71. The maximum Gasteiger partial charge on any atom is 0.325 e. The maximum atomic E-state index is 13.6. The number of carbonyl (C=O) groups is 2. The predicted octanol–water partition coefficient (Wildman–Crippen LogP) is 2.61. The first kappa shape index (κ1) is 16.0. The highest BCUT2D eigenvalue weighted by molar-refractivity contribution is 6.00. The van der Waals surface area contributed by atoms with Gasteiger partial charge in [0.15, 0.2) is 5.92 Å². The lowest BCUT2D eigenvalue weighted by atomic mass is 9.98. The molecule has 0 bridgehead atoms. The van der Waals surface area contributed by atoms with E-state index in [4.69, 9.17) is 9.84 Å². The Kier molecular flexibility index (Phi) is 5.12. The highest BCUT2D eigenvalue weighted by Crippen LogP contribution is 2.26. The fourth-order valence-corrected chi connectivity index (χ4v) is 1.52. The molecule has 2 unspecified atom stereocenters. The van der Waals surface area contributed by atoms with Gasteiger partial charge in [-0.2, -0.15) is 0 Å². The van der Waals surface area contributed by atoms with Crippen molar-refractivity contribution >= 4 is 11.9 Å². The molecule has 1 rings (SSSR count). The third-order valence-corrected chi connectivity index (χ3v) is 2.71. The van der Waals surface area contributed by atoms with Crippen LogP contribution >= 0.6 is 0 Å². The van der Waals surface area contributed by atoms with Crippen molar-refractivity contribution in [2.75, 3.05) is 0 Å². The van der Waals surface area contributed by atoms with Crippen LogP contribution in [0.4, 0.5) is 13.2 Å². The molecule has 0 aliphatic rings. The van der Waals surface area contributed by atoms with Crippen LogP contribution in [-0.2, 0) is 14.3 Å². The van der Waals surface area contributed by atoms with Gasteiger partial charge in [0.2, 0.25) is 0 Å². The van der Waals surface area contributed by atoms with Crippen molar-refractivity contribution in [3.8, 4) is 0 Å². The van der Waals surface area contributed by atoms with E-state index in [0.717, 1.165) is 0 Å². The molecule has 0 aromatic heterocycles. The maximum absolute atomic E-state index is 13.6. The van der Waals surface area contributed by atoms with E-state index in [2.05, 4.69) is 0 Å². The molecule has 1 aromatic carbocycles. The molecule has 7 heteroatoms. The molecule has 0 saturated heterocycles. The lowest BCUT2D eigenvalue weighted by Crippen LogP contribution is -2.28. The van der Waals surface area contributed by atoms with Gasteiger partial charge in [-0.1, -0.05) is 6.92 Å². The Morgan fingerprint density at radius 1 is 1.25 bits per heavy atom. The van der Waals surface area contributed by atoms with Gasteiger partial charge < -0.3 is 9.84 Å². The molecule has 0 radical (unpaired) electrons. The Balaban J connectivity index is 3.22. The molecular formula is C13H13F3O4. The summed E-state index contributed by atoms with van der Waals surface area (Å²) in [7, 11) is 0. The zero-order valence-corrected chi connectivity index (χ0v) is 10.8. The van der Waals surface area contributed by atoms with Gasteiger partial charge in [0.1, 0.15) is 17.5 Å². The Bertz CT molecular complexity index is 507. The van der Waals surface area contributed by atoms with E-state index in [1.165, 1.54) is 6.92 Å². The van der Waals surface area contributed by atoms with Crippen LogP contribution in [0.5, 0.6) is 0 Å². The van der Waals surface area contributed by atoms with E-state index < -0.39 is 47.0 Å². The molecule has 0 heterocycles. The summed E-state index contributed by atoms with van der Waals surface area (Å²) >= 11 is 0. The summed E-state index contributed by atoms with van der Waals surface area (Å²) in [5, 5.41) is 8.97. The summed E-state index contributed by atoms with van der Waals surface area (Å²) in [4.78, 5) is 22.8. The molecule has 0 aliphatic carbocycles. The Morgan fingerprint density at radius 3 is 2.15 bits per heavy atom. The van der Waals surface area contributed by atoms with Crippen LogP contribution in [0.3, 0.4) is 0 Å². The molecule has 4 nitrogen and oxygen atoms in total. The number of carboxylic acids is 1. The average Bonchev–Trinajstić information content (AvgIpc) is 2.32. The van der Waals surface area contributed by atoms with Crippen LogP contribution in [0, 0.1) is 17.5 Å². The first-order valence-corrected chi connectivity index (χ1v) is 5.85. The molecule has 110 valence electrons. The van der Waals surface area contributed by atoms with Crippen LogP contribution in [0.2, 0.25) is 0 Å². The molecule has 0 spiro atoms. The Labute approximate surface area is 113 Å². The minimum atomic E-state index is -2.18. The normalized spacial score (nSPS) is 13.7. The SMILES string of the molecule is CCC(C)OC(=O)C(C(=O)O)c1c(F)cc(F)cc1F. The number of ether oxygens (including phenoxy) is 1. The minimum absolute atomic E-state index is 0.310. The van der Waals surface area contributed by atoms with Crippen LogP contribution < -0.4 is 0 Å². The van der Waals surface area contributed by atoms with Crippen molar-refractivity contribution in [3.63, 3.8) is 0 Å². The lowest BCUT2D eigenvalue weighted by Gasteiger charge is -2.17. The summed E-state index contributed by atoms with van der Waals surface area (Å²) in [5.74, 6) is -9.35. The van der Waals surface area contributed by atoms with E-state index in [-0.39, 0.29) is 0 Å². The molecule has 0 fully saturated rings. The first-order chi connectivity index (χ1) is 9.27. The van der Waals surface area contributed by atoms with E-state index in [9.17, 15) is 22.8 Å². The number of carbonyl (C=O) groups excluding carboxylic acids is 1.